The molecule has 0 atom stereocenters. The molecule has 0 saturated carbocycles. The highest BCUT2D eigenvalue weighted by molar-refractivity contribution is 6.35. The fourth-order valence-corrected chi connectivity index (χ4v) is 3.90. The average molecular weight is 447 g/mol. The first-order valence-corrected chi connectivity index (χ1v) is 9.71. The van der Waals surface area contributed by atoms with Gasteiger partial charge < -0.3 is 0 Å². The molecule has 3 nitrogen and oxygen atoms in total. The number of nitrogens with zero attached hydrogens (tertiary/aromatic N) is 3. The van der Waals surface area contributed by atoms with Crippen LogP contribution < -0.4 is 0 Å². The number of benzene rings is 2. The van der Waals surface area contributed by atoms with E-state index in [9.17, 15) is 0 Å². The zero-order valence-electron chi connectivity index (χ0n) is 14.2. The van der Waals surface area contributed by atoms with Crippen molar-refractivity contribution in [3.8, 4) is 33.8 Å². The predicted molar refractivity (Wildman–Crippen MR) is 116 cm³/mol. The third-order valence-electron chi connectivity index (χ3n) is 4.02. The zero-order chi connectivity index (χ0) is 19.7. The second-order valence-electron chi connectivity index (χ2n) is 6.01. The topological polar surface area (TPSA) is 38.7 Å². The Balaban J connectivity index is 1.97. The third-order valence-corrected chi connectivity index (χ3v) is 4.89. The molecule has 0 amide bonds. The molecule has 138 valence electrons. The van der Waals surface area contributed by atoms with E-state index in [2.05, 4.69) is 9.97 Å². The monoisotopic (exact) mass is 445 g/mol. The van der Waals surface area contributed by atoms with Crippen LogP contribution in [0.3, 0.4) is 0 Å². The molecule has 0 N–H and O–H groups in total. The van der Waals surface area contributed by atoms with Gasteiger partial charge in [0.05, 0.1) is 5.69 Å². The van der Waals surface area contributed by atoms with E-state index in [-0.39, 0.29) is 0 Å². The molecule has 4 aromatic rings. The Morgan fingerprint density at radius 2 is 1.25 bits per heavy atom. The summed E-state index contributed by atoms with van der Waals surface area (Å²) in [6.07, 6.45) is 5.14. The summed E-state index contributed by atoms with van der Waals surface area (Å²) in [5.41, 5.74) is 3.77. The number of aromatic nitrogens is 3. The van der Waals surface area contributed by atoms with Crippen molar-refractivity contribution in [3.63, 3.8) is 0 Å². The number of hydrogen-bond acceptors (Lipinski definition) is 3. The summed E-state index contributed by atoms with van der Waals surface area (Å²) >= 11 is 24.9. The van der Waals surface area contributed by atoms with E-state index in [0.717, 1.165) is 22.3 Å². The zero-order valence-corrected chi connectivity index (χ0v) is 17.2. The molecule has 0 radical (unpaired) electrons. The van der Waals surface area contributed by atoms with Gasteiger partial charge in [0.1, 0.15) is 0 Å². The van der Waals surface area contributed by atoms with E-state index in [1.54, 1.807) is 42.9 Å². The summed E-state index contributed by atoms with van der Waals surface area (Å²) < 4.78 is 0. The van der Waals surface area contributed by atoms with Gasteiger partial charge in [-0.05, 0) is 54.1 Å². The van der Waals surface area contributed by atoms with Crippen LogP contribution in [0.2, 0.25) is 20.1 Å². The second-order valence-corrected chi connectivity index (χ2v) is 7.76. The Morgan fingerprint density at radius 3 is 1.82 bits per heavy atom. The maximum atomic E-state index is 6.23. The summed E-state index contributed by atoms with van der Waals surface area (Å²) in [5, 5.41) is 2.07. The predicted octanol–water partition coefficient (Wildman–Crippen LogP) is 7.49. The van der Waals surface area contributed by atoms with Crippen molar-refractivity contribution >= 4 is 46.4 Å². The summed E-state index contributed by atoms with van der Waals surface area (Å²) in [5.74, 6) is 0.538. The maximum absolute atomic E-state index is 6.23. The van der Waals surface area contributed by atoms with E-state index in [0.29, 0.717) is 31.6 Å². The number of rotatable bonds is 3. The van der Waals surface area contributed by atoms with Gasteiger partial charge in [-0.15, -0.1) is 0 Å². The molecule has 0 aliphatic carbocycles. The van der Waals surface area contributed by atoms with Crippen LogP contribution in [0.25, 0.3) is 33.8 Å². The van der Waals surface area contributed by atoms with E-state index in [1.807, 2.05) is 24.3 Å². The highest BCUT2D eigenvalue weighted by Crippen LogP contribution is 2.36. The Labute approximate surface area is 181 Å². The molecule has 2 aromatic heterocycles. The lowest BCUT2D eigenvalue weighted by Crippen LogP contribution is -1.96. The molecule has 2 aromatic carbocycles. The van der Waals surface area contributed by atoms with Gasteiger partial charge in [-0.2, -0.15) is 0 Å². The quantitative estimate of drug-likeness (QED) is 0.327. The van der Waals surface area contributed by atoms with Gasteiger partial charge in [0.25, 0.3) is 0 Å². The number of pyridine rings is 1. The van der Waals surface area contributed by atoms with Gasteiger partial charge >= 0.3 is 0 Å². The average Bonchev–Trinajstić information content (AvgIpc) is 2.67. The van der Waals surface area contributed by atoms with Gasteiger partial charge in [0.15, 0.2) is 5.82 Å². The van der Waals surface area contributed by atoms with Crippen molar-refractivity contribution in [3.05, 3.63) is 87.2 Å². The first kappa shape index (κ1) is 19.2. The van der Waals surface area contributed by atoms with Gasteiger partial charge in [-0.1, -0.05) is 46.4 Å². The molecule has 4 rings (SSSR count). The third kappa shape index (κ3) is 4.13. The maximum Gasteiger partial charge on any atom is 0.161 e. The molecule has 2 heterocycles. The number of halogens is 4. The minimum atomic E-state index is 0.513. The highest BCUT2D eigenvalue weighted by Gasteiger charge is 2.15. The standard InChI is InChI=1S/C21H11Cl4N3/c22-15-4-13(5-16(23)8-15)19-11-27-21(12-2-1-3-26-10-12)28-20(19)14-6-17(24)9-18(25)7-14/h1-11H. The van der Waals surface area contributed by atoms with Crippen molar-refractivity contribution in [2.24, 2.45) is 0 Å². The van der Waals surface area contributed by atoms with Crippen LogP contribution in [0.15, 0.2) is 67.1 Å². The molecule has 0 aliphatic rings. The number of hydrogen-bond donors (Lipinski definition) is 0. The Bertz CT molecular complexity index is 1120. The molecule has 7 heteroatoms. The molecular formula is C21H11Cl4N3. The van der Waals surface area contributed by atoms with Gasteiger partial charge in [0.2, 0.25) is 0 Å². The van der Waals surface area contributed by atoms with E-state index in [4.69, 9.17) is 51.4 Å². The van der Waals surface area contributed by atoms with E-state index >= 15 is 0 Å². The summed E-state index contributed by atoms with van der Waals surface area (Å²) in [7, 11) is 0. The lowest BCUT2D eigenvalue weighted by molar-refractivity contribution is 1.17. The minimum Gasteiger partial charge on any atom is -0.264 e. The Kier molecular flexibility index (Phi) is 5.51. The van der Waals surface area contributed by atoms with Crippen molar-refractivity contribution in [1.29, 1.82) is 0 Å². The van der Waals surface area contributed by atoms with Crippen LogP contribution >= 0.6 is 46.4 Å². The van der Waals surface area contributed by atoms with Crippen LogP contribution in [-0.2, 0) is 0 Å². The second kappa shape index (κ2) is 8.06. The minimum absolute atomic E-state index is 0.513. The molecule has 0 aliphatic heterocycles. The summed E-state index contributed by atoms with van der Waals surface area (Å²) in [6.45, 7) is 0. The van der Waals surface area contributed by atoms with Crippen LogP contribution in [0.4, 0.5) is 0 Å². The van der Waals surface area contributed by atoms with Crippen molar-refractivity contribution in [2.75, 3.05) is 0 Å². The summed E-state index contributed by atoms with van der Waals surface area (Å²) in [4.78, 5) is 13.4. The van der Waals surface area contributed by atoms with Crippen molar-refractivity contribution in [1.82, 2.24) is 15.0 Å². The highest BCUT2D eigenvalue weighted by atomic mass is 35.5. The first-order chi connectivity index (χ1) is 13.5. The Hall–Kier alpha value is -2.17. The molecule has 0 bridgehead atoms. The molecule has 0 saturated heterocycles. The molecule has 0 unspecified atom stereocenters. The fourth-order valence-electron chi connectivity index (χ4n) is 2.85. The normalized spacial score (nSPS) is 10.9. The lowest BCUT2D eigenvalue weighted by atomic mass is 10.0. The van der Waals surface area contributed by atoms with E-state index in [1.165, 1.54) is 0 Å². The molecular weight excluding hydrogens is 436 g/mol. The fraction of sp³-hybridized carbons (Fsp3) is 0. The van der Waals surface area contributed by atoms with Crippen molar-refractivity contribution in [2.45, 2.75) is 0 Å². The summed E-state index contributed by atoms with van der Waals surface area (Å²) in [6, 6.07) is 14.3. The SMILES string of the molecule is Clc1cc(Cl)cc(-c2cnc(-c3cccnc3)nc2-c2cc(Cl)cc(Cl)c2)c1. The van der Waals surface area contributed by atoms with Crippen LogP contribution in [0.1, 0.15) is 0 Å². The largest absolute Gasteiger partial charge is 0.264 e. The first-order valence-electron chi connectivity index (χ1n) is 8.20. The van der Waals surface area contributed by atoms with Crippen LogP contribution in [-0.4, -0.2) is 15.0 Å². The lowest BCUT2D eigenvalue weighted by Gasteiger charge is -2.12. The van der Waals surface area contributed by atoms with Gasteiger partial charge in [-0.3, -0.25) is 4.98 Å². The smallest absolute Gasteiger partial charge is 0.161 e. The van der Waals surface area contributed by atoms with Crippen molar-refractivity contribution < 1.29 is 0 Å². The molecule has 28 heavy (non-hydrogen) atoms. The van der Waals surface area contributed by atoms with E-state index < -0.39 is 0 Å². The Morgan fingerprint density at radius 1 is 0.643 bits per heavy atom. The van der Waals surface area contributed by atoms with Gasteiger partial charge in [-0.25, -0.2) is 9.97 Å². The molecule has 0 spiro atoms. The van der Waals surface area contributed by atoms with Gasteiger partial charge in [0, 0.05) is 55.4 Å². The van der Waals surface area contributed by atoms with Crippen LogP contribution in [0.5, 0.6) is 0 Å². The van der Waals surface area contributed by atoms with Crippen LogP contribution in [0, 0.1) is 0 Å². The molecule has 0 fully saturated rings.